The van der Waals surface area contributed by atoms with Crippen LogP contribution in [0.15, 0.2) is 54.9 Å². The van der Waals surface area contributed by atoms with Crippen LogP contribution < -0.4 is 5.32 Å². The lowest BCUT2D eigenvalue weighted by atomic mass is 10.1. The second kappa shape index (κ2) is 6.55. The molecule has 4 rings (SSSR count). The Morgan fingerprint density at radius 1 is 1.23 bits per heavy atom. The fourth-order valence-electron chi connectivity index (χ4n) is 2.71. The lowest BCUT2D eigenvalue weighted by Gasteiger charge is -2.08. The van der Waals surface area contributed by atoms with Gasteiger partial charge in [-0.2, -0.15) is 0 Å². The van der Waals surface area contributed by atoms with E-state index in [9.17, 15) is 9.18 Å². The standard InChI is InChI=1S/C19H13ClFN3OS/c1-11-9-24-10-16(23-19(24)26-11)12-4-2-5-13(8-12)22-18(25)17-14(20)6-3-7-15(17)21/h2-10H,1H3,(H,22,25). The van der Waals surface area contributed by atoms with E-state index < -0.39 is 11.7 Å². The van der Waals surface area contributed by atoms with Gasteiger partial charge in [-0.1, -0.05) is 29.8 Å². The van der Waals surface area contributed by atoms with E-state index in [-0.39, 0.29) is 10.6 Å². The van der Waals surface area contributed by atoms with E-state index in [1.165, 1.54) is 23.1 Å². The third-order valence-electron chi connectivity index (χ3n) is 3.88. The van der Waals surface area contributed by atoms with Crippen LogP contribution in [0.5, 0.6) is 0 Å². The number of thiazole rings is 1. The average Bonchev–Trinajstić information content (AvgIpc) is 3.12. The van der Waals surface area contributed by atoms with Gasteiger partial charge in [-0.3, -0.25) is 9.20 Å². The fraction of sp³-hybridized carbons (Fsp3) is 0.0526. The molecule has 0 atom stereocenters. The van der Waals surface area contributed by atoms with E-state index in [2.05, 4.69) is 10.3 Å². The number of hydrogen-bond acceptors (Lipinski definition) is 3. The molecule has 0 fully saturated rings. The summed E-state index contributed by atoms with van der Waals surface area (Å²) in [6.45, 7) is 2.03. The fourth-order valence-corrected chi connectivity index (χ4v) is 3.77. The number of aryl methyl sites for hydroxylation is 1. The van der Waals surface area contributed by atoms with Crippen LogP contribution in [0.25, 0.3) is 16.2 Å². The summed E-state index contributed by atoms with van der Waals surface area (Å²) < 4.78 is 15.9. The second-order valence-electron chi connectivity index (χ2n) is 5.79. The number of aromatic nitrogens is 2. The van der Waals surface area contributed by atoms with Crippen LogP contribution in [0, 0.1) is 12.7 Å². The van der Waals surface area contributed by atoms with Gasteiger partial charge in [0.2, 0.25) is 0 Å². The number of carbonyl (C=O) groups excluding carboxylic acids is 1. The summed E-state index contributed by atoms with van der Waals surface area (Å²) in [5.41, 5.74) is 2.03. The van der Waals surface area contributed by atoms with E-state index in [1.807, 2.05) is 35.9 Å². The lowest BCUT2D eigenvalue weighted by Crippen LogP contribution is -2.14. The minimum absolute atomic E-state index is 0.0726. The third-order valence-corrected chi connectivity index (χ3v) is 5.10. The van der Waals surface area contributed by atoms with E-state index in [0.29, 0.717) is 5.69 Å². The van der Waals surface area contributed by atoms with Crippen LogP contribution in [0.3, 0.4) is 0 Å². The number of nitrogens with zero attached hydrogens (tertiary/aromatic N) is 2. The summed E-state index contributed by atoms with van der Waals surface area (Å²) in [5.74, 6) is -1.25. The number of carbonyl (C=O) groups is 1. The van der Waals surface area contributed by atoms with Crippen LogP contribution in [-0.2, 0) is 0 Å². The van der Waals surface area contributed by atoms with E-state index in [0.717, 1.165) is 16.2 Å². The van der Waals surface area contributed by atoms with Crippen molar-refractivity contribution in [2.75, 3.05) is 5.32 Å². The molecule has 0 saturated carbocycles. The number of fused-ring (bicyclic) bond motifs is 1. The SMILES string of the molecule is Cc1cn2cc(-c3cccc(NC(=O)c4c(F)cccc4Cl)c3)nc2s1. The summed E-state index contributed by atoms with van der Waals surface area (Å²) in [6, 6.07) is 11.4. The summed E-state index contributed by atoms with van der Waals surface area (Å²) in [5, 5.41) is 2.76. The van der Waals surface area contributed by atoms with Crippen molar-refractivity contribution in [1.82, 2.24) is 9.38 Å². The molecule has 1 N–H and O–H groups in total. The van der Waals surface area contributed by atoms with Crippen molar-refractivity contribution in [3.63, 3.8) is 0 Å². The van der Waals surface area contributed by atoms with Crippen LogP contribution in [0.1, 0.15) is 15.2 Å². The Bertz CT molecular complexity index is 1080. The van der Waals surface area contributed by atoms with Gasteiger partial charge in [0.15, 0.2) is 4.96 Å². The van der Waals surface area contributed by atoms with Crippen LogP contribution in [0.4, 0.5) is 10.1 Å². The van der Waals surface area contributed by atoms with Crippen molar-refractivity contribution >= 4 is 39.5 Å². The number of amides is 1. The molecule has 0 spiro atoms. The number of rotatable bonds is 3. The molecular formula is C19H13ClFN3OS. The van der Waals surface area contributed by atoms with Gasteiger partial charge < -0.3 is 5.32 Å². The number of benzene rings is 2. The third kappa shape index (κ3) is 3.09. The Kier molecular flexibility index (Phi) is 4.22. The Hall–Kier alpha value is -2.70. The molecule has 1 amide bonds. The van der Waals surface area contributed by atoms with Crippen LogP contribution in [0.2, 0.25) is 5.02 Å². The van der Waals surface area contributed by atoms with Crippen LogP contribution >= 0.6 is 22.9 Å². The van der Waals surface area contributed by atoms with Gasteiger partial charge in [-0.15, -0.1) is 11.3 Å². The Balaban J connectivity index is 1.63. The molecule has 0 radical (unpaired) electrons. The van der Waals surface area contributed by atoms with Crippen molar-refractivity contribution in [2.24, 2.45) is 0 Å². The molecule has 2 aromatic heterocycles. The molecule has 0 unspecified atom stereocenters. The normalized spacial score (nSPS) is 11.0. The topological polar surface area (TPSA) is 46.4 Å². The zero-order chi connectivity index (χ0) is 18.3. The highest BCUT2D eigenvalue weighted by Gasteiger charge is 2.16. The quantitative estimate of drug-likeness (QED) is 0.512. The van der Waals surface area contributed by atoms with Crippen molar-refractivity contribution in [1.29, 1.82) is 0 Å². The molecule has 4 nitrogen and oxygen atoms in total. The molecule has 0 aliphatic carbocycles. The zero-order valence-electron chi connectivity index (χ0n) is 13.7. The maximum Gasteiger partial charge on any atom is 0.260 e. The molecular weight excluding hydrogens is 373 g/mol. The first kappa shape index (κ1) is 16.8. The number of imidazole rings is 1. The van der Waals surface area contributed by atoms with E-state index in [4.69, 9.17) is 11.6 Å². The summed E-state index contributed by atoms with van der Waals surface area (Å²) in [7, 11) is 0. The van der Waals surface area contributed by atoms with Gasteiger partial charge in [0.1, 0.15) is 5.82 Å². The van der Waals surface area contributed by atoms with Gasteiger partial charge in [0.05, 0.1) is 16.3 Å². The smallest absolute Gasteiger partial charge is 0.260 e. The predicted octanol–water partition coefficient (Wildman–Crippen LogP) is 5.42. The van der Waals surface area contributed by atoms with Gasteiger partial charge in [-0.05, 0) is 31.2 Å². The molecule has 26 heavy (non-hydrogen) atoms. The maximum atomic E-state index is 13.9. The largest absolute Gasteiger partial charge is 0.322 e. The minimum atomic E-state index is -0.657. The molecule has 4 aromatic rings. The van der Waals surface area contributed by atoms with Crippen molar-refractivity contribution in [3.8, 4) is 11.3 Å². The molecule has 0 bridgehead atoms. The highest BCUT2D eigenvalue weighted by molar-refractivity contribution is 7.17. The summed E-state index contributed by atoms with van der Waals surface area (Å²) >= 11 is 7.56. The Morgan fingerprint density at radius 2 is 2.04 bits per heavy atom. The molecule has 0 aliphatic heterocycles. The lowest BCUT2D eigenvalue weighted by molar-refractivity contribution is 0.102. The van der Waals surface area contributed by atoms with Gasteiger partial charge in [0.25, 0.3) is 5.91 Å². The van der Waals surface area contributed by atoms with Gasteiger partial charge in [0, 0.05) is 28.5 Å². The minimum Gasteiger partial charge on any atom is -0.322 e. The average molecular weight is 386 g/mol. The Labute approximate surface area is 157 Å². The monoisotopic (exact) mass is 385 g/mol. The first-order chi connectivity index (χ1) is 12.5. The highest BCUT2D eigenvalue weighted by Crippen LogP contribution is 2.26. The molecule has 0 saturated heterocycles. The van der Waals surface area contributed by atoms with Crippen molar-refractivity contribution < 1.29 is 9.18 Å². The number of halogens is 2. The number of anilines is 1. The number of nitrogens with one attached hydrogen (secondary N) is 1. The first-order valence-corrected chi connectivity index (χ1v) is 9.01. The summed E-state index contributed by atoms with van der Waals surface area (Å²) in [4.78, 5) is 19.1. The maximum absolute atomic E-state index is 13.9. The Morgan fingerprint density at radius 3 is 2.81 bits per heavy atom. The first-order valence-electron chi connectivity index (χ1n) is 7.82. The second-order valence-corrected chi connectivity index (χ2v) is 7.41. The van der Waals surface area contributed by atoms with E-state index in [1.54, 1.807) is 23.5 Å². The van der Waals surface area contributed by atoms with Crippen LogP contribution in [-0.4, -0.2) is 15.3 Å². The molecule has 130 valence electrons. The zero-order valence-corrected chi connectivity index (χ0v) is 15.2. The summed E-state index contributed by atoms with van der Waals surface area (Å²) in [6.07, 6.45) is 3.95. The van der Waals surface area contributed by atoms with Crippen molar-refractivity contribution in [2.45, 2.75) is 6.92 Å². The van der Waals surface area contributed by atoms with E-state index >= 15 is 0 Å². The highest BCUT2D eigenvalue weighted by atomic mass is 35.5. The molecule has 7 heteroatoms. The number of hydrogen-bond donors (Lipinski definition) is 1. The predicted molar refractivity (Wildman–Crippen MR) is 103 cm³/mol. The molecule has 2 aromatic carbocycles. The van der Waals surface area contributed by atoms with Gasteiger partial charge >= 0.3 is 0 Å². The van der Waals surface area contributed by atoms with Gasteiger partial charge in [-0.25, -0.2) is 9.37 Å². The molecule has 0 aliphatic rings. The molecule has 2 heterocycles. The van der Waals surface area contributed by atoms with Crippen molar-refractivity contribution in [3.05, 3.63) is 76.1 Å².